The van der Waals surface area contributed by atoms with Crippen LogP contribution in [0.5, 0.6) is 0 Å². The molecule has 2 N–H and O–H groups in total. The molecule has 2 aromatic rings. The van der Waals surface area contributed by atoms with Gasteiger partial charge in [0.15, 0.2) is 11.6 Å². The van der Waals surface area contributed by atoms with Gasteiger partial charge in [0.1, 0.15) is 5.54 Å². The minimum Gasteiger partial charge on any atom is -0.379 e. The normalized spacial score (nSPS) is 14.1. The number of aromatic nitrogens is 2. The molecule has 7 heteroatoms. The first-order valence-electron chi connectivity index (χ1n) is 6.61. The van der Waals surface area contributed by atoms with Crippen LogP contribution in [-0.2, 0) is 10.3 Å². The second kappa shape index (κ2) is 6.51. The summed E-state index contributed by atoms with van der Waals surface area (Å²) in [6.45, 7) is 4.58. The number of rotatable bonds is 6. The predicted octanol–water partition coefficient (Wildman–Crippen LogP) is 3.13. The molecule has 0 saturated heterocycles. The molecule has 0 aliphatic heterocycles. The van der Waals surface area contributed by atoms with E-state index in [2.05, 4.69) is 10.1 Å². The highest BCUT2D eigenvalue weighted by molar-refractivity contribution is 6.31. The predicted molar refractivity (Wildman–Crippen MR) is 77.4 cm³/mol. The van der Waals surface area contributed by atoms with Gasteiger partial charge in [-0.3, -0.25) is 0 Å². The maximum atomic E-state index is 13.9. The van der Waals surface area contributed by atoms with Gasteiger partial charge in [-0.1, -0.05) is 29.7 Å². The SMILES string of the molecule is CCCOCC(C)(N)c1noc(-c2cccc(Cl)c2F)n1. The van der Waals surface area contributed by atoms with Crippen molar-refractivity contribution in [1.29, 1.82) is 0 Å². The lowest BCUT2D eigenvalue weighted by Gasteiger charge is -2.19. The van der Waals surface area contributed by atoms with Crippen LogP contribution in [0.4, 0.5) is 4.39 Å². The summed E-state index contributed by atoms with van der Waals surface area (Å²) in [4.78, 5) is 4.15. The lowest BCUT2D eigenvalue weighted by molar-refractivity contribution is 0.0867. The largest absolute Gasteiger partial charge is 0.379 e. The maximum Gasteiger partial charge on any atom is 0.261 e. The zero-order chi connectivity index (χ0) is 15.5. The molecule has 114 valence electrons. The minimum atomic E-state index is -0.911. The average molecular weight is 314 g/mol. The van der Waals surface area contributed by atoms with Crippen LogP contribution in [0, 0.1) is 5.82 Å². The van der Waals surface area contributed by atoms with E-state index in [1.54, 1.807) is 13.0 Å². The Hall–Kier alpha value is -1.50. The molecule has 0 amide bonds. The van der Waals surface area contributed by atoms with Crippen LogP contribution in [0.15, 0.2) is 22.7 Å². The zero-order valence-electron chi connectivity index (χ0n) is 11.9. The van der Waals surface area contributed by atoms with E-state index in [0.717, 1.165) is 6.42 Å². The molecule has 0 radical (unpaired) electrons. The molecule has 1 aromatic heterocycles. The van der Waals surface area contributed by atoms with Crippen LogP contribution >= 0.6 is 11.6 Å². The van der Waals surface area contributed by atoms with Crippen molar-refractivity contribution in [3.63, 3.8) is 0 Å². The molecule has 21 heavy (non-hydrogen) atoms. The summed E-state index contributed by atoms with van der Waals surface area (Å²) in [6, 6.07) is 4.57. The van der Waals surface area contributed by atoms with Crippen LogP contribution in [0.1, 0.15) is 26.1 Å². The topological polar surface area (TPSA) is 74.2 Å². The molecule has 0 fully saturated rings. The van der Waals surface area contributed by atoms with E-state index >= 15 is 0 Å². The molecule has 0 bridgehead atoms. The van der Waals surface area contributed by atoms with Crippen molar-refractivity contribution in [3.8, 4) is 11.5 Å². The molecule has 1 aromatic carbocycles. The summed E-state index contributed by atoms with van der Waals surface area (Å²) in [5.74, 6) is -0.305. The van der Waals surface area contributed by atoms with Gasteiger partial charge in [-0.15, -0.1) is 0 Å². The smallest absolute Gasteiger partial charge is 0.261 e. The molecule has 1 unspecified atom stereocenters. The Balaban J connectivity index is 2.23. The number of nitrogens with two attached hydrogens (primary N) is 1. The number of nitrogens with zero attached hydrogens (tertiary/aromatic N) is 2. The second-order valence-electron chi connectivity index (χ2n) is 4.99. The Labute approximate surface area is 127 Å². The molecule has 0 aliphatic carbocycles. The van der Waals surface area contributed by atoms with E-state index in [4.69, 9.17) is 26.6 Å². The summed E-state index contributed by atoms with van der Waals surface area (Å²) < 4.78 is 24.4. The summed E-state index contributed by atoms with van der Waals surface area (Å²) >= 11 is 5.74. The van der Waals surface area contributed by atoms with Gasteiger partial charge in [-0.05, 0) is 25.5 Å². The fourth-order valence-corrected chi connectivity index (χ4v) is 1.90. The third kappa shape index (κ3) is 3.58. The van der Waals surface area contributed by atoms with E-state index in [9.17, 15) is 4.39 Å². The minimum absolute atomic E-state index is 0.00552. The first kappa shape index (κ1) is 15.9. The number of halogens is 2. The van der Waals surface area contributed by atoms with E-state index in [1.165, 1.54) is 12.1 Å². The van der Waals surface area contributed by atoms with Crippen LogP contribution < -0.4 is 5.73 Å². The van der Waals surface area contributed by atoms with Gasteiger partial charge in [-0.25, -0.2) is 4.39 Å². The Bertz CT molecular complexity index is 616. The van der Waals surface area contributed by atoms with Gasteiger partial charge in [0, 0.05) is 6.61 Å². The van der Waals surface area contributed by atoms with Crippen molar-refractivity contribution in [2.24, 2.45) is 5.73 Å². The van der Waals surface area contributed by atoms with Gasteiger partial charge in [0.2, 0.25) is 0 Å². The number of hydrogen-bond donors (Lipinski definition) is 1. The average Bonchev–Trinajstić information content (AvgIpc) is 2.92. The van der Waals surface area contributed by atoms with Gasteiger partial charge < -0.3 is 15.0 Å². The fraction of sp³-hybridized carbons (Fsp3) is 0.429. The standard InChI is InChI=1S/C14H17ClFN3O2/c1-3-7-20-8-14(2,17)13-18-12(21-19-13)9-5-4-6-10(15)11(9)16/h4-6H,3,7-8,17H2,1-2H3. The highest BCUT2D eigenvalue weighted by atomic mass is 35.5. The van der Waals surface area contributed by atoms with Crippen LogP contribution in [0.25, 0.3) is 11.5 Å². The maximum absolute atomic E-state index is 13.9. The molecular formula is C14H17ClFN3O2. The van der Waals surface area contributed by atoms with E-state index < -0.39 is 11.4 Å². The quantitative estimate of drug-likeness (QED) is 0.829. The molecule has 1 heterocycles. The third-order valence-corrected chi connectivity index (χ3v) is 3.16. The van der Waals surface area contributed by atoms with Crippen molar-refractivity contribution in [2.75, 3.05) is 13.2 Å². The Morgan fingerprint density at radius 3 is 2.95 bits per heavy atom. The van der Waals surface area contributed by atoms with Crippen LogP contribution in [0.3, 0.4) is 0 Å². The summed E-state index contributed by atoms with van der Waals surface area (Å²) in [7, 11) is 0. The van der Waals surface area contributed by atoms with E-state index in [1.807, 2.05) is 6.92 Å². The van der Waals surface area contributed by atoms with Crippen molar-refractivity contribution in [3.05, 3.63) is 34.9 Å². The summed E-state index contributed by atoms with van der Waals surface area (Å²) in [6.07, 6.45) is 0.890. The highest BCUT2D eigenvalue weighted by Crippen LogP contribution is 2.27. The van der Waals surface area contributed by atoms with Gasteiger partial charge in [-0.2, -0.15) is 4.98 Å². The van der Waals surface area contributed by atoms with Crippen LogP contribution in [0.2, 0.25) is 5.02 Å². The lowest BCUT2D eigenvalue weighted by atomic mass is 10.1. The third-order valence-electron chi connectivity index (χ3n) is 2.87. The van der Waals surface area contributed by atoms with E-state index in [0.29, 0.717) is 6.61 Å². The first-order chi connectivity index (χ1) is 9.95. The summed E-state index contributed by atoms with van der Waals surface area (Å²) in [5.41, 5.74) is 5.34. The van der Waals surface area contributed by atoms with Crippen molar-refractivity contribution in [2.45, 2.75) is 25.8 Å². The molecular weight excluding hydrogens is 297 g/mol. The van der Waals surface area contributed by atoms with Gasteiger partial charge in [0.05, 0.1) is 17.2 Å². The molecule has 0 spiro atoms. The van der Waals surface area contributed by atoms with Crippen molar-refractivity contribution in [1.82, 2.24) is 10.1 Å². The fourth-order valence-electron chi connectivity index (χ4n) is 1.73. The molecule has 0 aliphatic rings. The molecule has 1 atom stereocenters. The Morgan fingerprint density at radius 1 is 1.48 bits per heavy atom. The lowest BCUT2D eigenvalue weighted by Crippen LogP contribution is -2.39. The highest BCUT2D eigenvalue weighted by Gasteiger charge is 2.28. The van der Waals surface area contributed by atoms with Gasteiger partial charge >= 0.3 is 0 Å². The molecule has 2 rings (SSSR count). The molecule has 0 saturated carbocycles. The number of hydrogen-bond acceptors (Lipinski definition) is 5. The monoisotopic (exact) mass is 313 g/mol. The summed E-state index contributed by atoms with van der Waals surface area (Å²) in [5, 5.41) is 3.81. The van der Waals surface area contributed by atoms with Crippen LogP contribution in [-0.4, -0.2) is 23.4 Å². The van der Waals surface area contributed by atoms with Crippen molar-refractivity contribution >= 4 is 11.6 Å². The zero-order valence-corrected chi connectivity index (χ0v) is 12.7. The Morgan fingerprint density at radius 2 is 2.24 bits per heavy atom. The van der Waals surface area contributed by atoms with Crippen molar-refractivity contribution < 1.29 is 13.7 Å². The molecule has 5 nitrogen and oxygen atoms in total. The van der Waals surface area contributed by atoms with Gasteiger partial charge in [0.25, 0.3) is 5.89 Å². The first-order valence-corrected chi connectivity index (χ1v) is 6.98. The van der Waals surface area contributed by atoms with E-state index in [-0.39, 0.29) is 28.9 Å². The number of benzene rings is 1. The Kier molecular flexibility index (Phi) is 4.92. The second-order valence-corrected chi connectivity index (χ2v) is 5.40. The number of ether oxygens (including phenoxy) is 1.